The number of carbonyl (C=O) groups excluding carboxylic acids is 2. The number of hydrogen-bond acceptors (Lipinski definition) is 3. The summed E-state index contributed by atoms with van der Waals surface area (Å²) in [5.74, 6) is -2.47. The van der Waals surface area contributed by atoms with Gasteiger partial charge in [-0.25, -0.2) is 0 Å². The van der Waals surface area contributed by atoms with Crippen LogP contribution in [0.15, 0.2) is 36.4 Å². The van der Waals surface area contributed by atoms with Crippen LogP contribution in [-0.4, -0.2) is 11.9 Å². The van der Waals surface area contributed by atoms with Gasteiger partial charge in [0.15, 0.2) is 0 Å². The number of aliphatic carboxylic acids is 1. The molecule has 1 N–H and O–H groups in total. The maximum Gasteiger partial charge on any atom is 0.228 e. The highest BCUT2D eigenvalue weighted by molar-refractivity contribution is 5.96. The summed E-state index contributed by atoms with van der Waals surface area (Å²) in [7, 11) is 0. The lowest BCUT2D eigenvalue weighted by Gasteiger charge is -2.27. The molecule has 0 unspecified atom stereocenters. The molecule has 0 heterocycles. The zero-order valence-corrected chi connectivity index (χ0v) is 12.4. The normalized spacial score (nSPS) is 33.1. The van der Waals surface area contributed by atoms with E-state index < -0.39 is 17.8 Å². The Bertz CT molecular complexity index is 672. The Morgan fingerprint density at radius 3 is 2.23 bits per heavy atom. The fraction of sp³-hybridized carbons (Fsp3) is 0.444. The average molecular weight is 296 g/mol. The van der Waals surface area contributed by atoms with Gasteiger partial charge in [0.05, 0.1) is 5.92 Å². The van der Waals surface area contributed by atoms with Crippen LogP contribution >= 0.6 is 0 Å². The predicted molar refractivity (Wildman–Crippen MR) is 79.6 cm³/mol. The van der Waals surface area contributed by atoms with Crippen molar-refractivity contribution >= 4 is 17.6 Å². The van der Waals surface area contributed by atoms with Gasteiger partial charge in [-0.05, 0) is 49.1 Å². The number of amides is 1. The number of aryl methyl sites for hydroxylation is 1. The van der Waals surface area contributed by atoms with Crippen LogP contribution in [0.1, 0.15) is 18.4 Å². The largest absolute Gasteiger partial charge is 0.550 e. The van der Waals surface area contributed by atoms with Crippen molar-refractivity contribution in [1.82, 2.24) is 0 Å². The number of hydrogen-bond donors (Lipinski definition) is 1. The quantitative estimate of drug-likeness (QED) is 0.860. The molecular weight excluding hydrogens is 278 g/mol. The molecular formula is C18H18NO3-. The minimum absolute atomic E-state index is 0.0278. The molecule has 3 aliphatic carbocycles. The zero-order valence-electron chi connectivity index (χ0n) is 12.4. The molecule has 4 heteroatoms. The molecule has 1 spiro atoms. The fourth-order valence-electron chi connectivity index (χ4n) is 4.54. The van der Waals surface area contributed by atoms with Crippen LogP contribution in [-0.2, 0) is 9.59 Å². The minimum atomic E-state index is -1.09. The van der Waals surface area contributed by atoms with E-state index in [9.17, 15) is 14.7 Å². The van der Waals surface area contributed by atoms with Crippen LogP contribution in [0.5, 0.6) is 0 Å². The van der Waals surface area contributed by atoms with E-state index in [1.54, 1.807) is 0 Å². The van der Waals surface area contributed by atoms with Gasteiger partial charge in [-0.15, -0.1) is 0 Å². The smallest absolute Gasteiger partial charge is 0.228 e. The lowest BCUT2D eigenvalue weighted by atomic mass is 9.82. The molecule has 1 aromatic carbocycles. The summed E-state index contributed by atoms with van der Waals surface area (Å²) < 4.78 is 0. The third kappa shape index (κ3) is 1.76. The number of anilines is 1. The van der Waals surface area contributed by atoms with Crippen LogP contribution < -0.4 is 10.4 Å². The Labute approximate surface area is 129 Å². The van der Waals surface area contributed by atoms with E-state index in [1.165, 1.54) is 0 Å². The van der Waals surface area contributed by atoms with Gasteiger partial charge in [0, 0.05) is 17.6 Å². The number of carboxylic acids is 1. The topological polar surface area (TPSA) is 69.2 Å². The standard InChI is InChI=1S/C18H19NO3/c1-10-2-4-11(5-3-10)19-16(20)14-12-6-7-13(15(14)17(21)22)18(12)8-9-18/h2-7,12-15H,8-9H2,1H3,(H,19,20)(H,21,22)/p-1/t12-,13+,14-,15+/m1/s1. The van der Waals surface area contributed by atoms with Gasteiger partial charge in [-0.3, -0.25) is 4.79 Å². The number of allylic oxidation sites excluding steroid dienone is 2. The lowest BCUT2D eigenvalue weighted by molar-refractivity contribution is -0.313. The van der Waals surface area contributed by atoms with E-state index >= 15 is 0 Å². The zero-order chi connectivity index (χ0) is 15.5. The molecule has 2 saturated carbocycles. The SMILES string of the molecule is Cc1ccc(NC(=O)[C@H]2[C@@H](C(=O)[O-])[C@@H]3C=C[C@H]2C32CC2)cc1. The summed E-state index contributed by atoms with van der Waals surface area (Å²) in [6.45, 7) is 1.98. The van der Waals surface area contributed by atoms with Gasteiger partial charge in [0.1, 0.15) is 0 Å². The highest BCUT2D eigenvalue weighted by Crippen LogP contribution is 2.71. The van der Waals surface area contributed by atoms with Crippen molar-refractivity contribution in [2.24, 2.45) is 29.1 Å². The highest BCUT2D eigenvalue weighted by Gasteiger charge is 2.68. The molecule has 0 aliphatic heterocycles. The minimum Gasteiger partial charge on any atom is -0.550 e. The second-order valence-corrected chi connectivity index (χ2v) is 6.90. The Morgan fingerprint density at radius 1 is 1.09 bits per heavy atom. The molecule has 114 valence electrons. The summed E-state index contributed by atoms with van der Waals surface area (Å²) in [5.41, 5.74) is 1.86. The Hall–Kier alpha value is -2.10. The van der Waals surface area contributed by atoms with Crippen molar-refractivity contribution in [3.63, 3.8) is 0 Å². The molecule has 2 bridgehead atoms. The summed E-state index contributed by atoms with van der Waals surface area (Å²) in [4.78, 5) is 24.3. The summed E-state index contributed by atoms with van der Waals surface area (Å²) in [6, 6.07) is 7.54. The molecule has 4 atom stereocenters. The first-order valence-electron chi connectivity index (χ1n) is 7.80. The summed E-state index contributed by atoms with van der Waals surface area (Å²) >= 11 is 0. The van der Waals surface area contributed by atoms with Crippen molar-refractivity contribution in [1.29, 1.82) is 0 Å². The van der Waals surface area contributed by atoms with Gasteiger partial charge in [0.2, 0.25) is 5.91 Å². The Morgan fingerprint density at radius 2 is 1.68 bits per heavy atom. The molecule has 22 heavy (non-hydrogen) atoms. The maximum absolute atomic E-state index is 12.7. The van der Waals surface area contributed by atoms with Gasteiger partial charge in [0.25, 0.3) is 0 Å². The van der Waals surface area contributed by atoms with Gasteiger partial charge < -0.3 is 15.2 Å². The monoisotopic (exact) mass is 296 g/mol. The molecule has 4 nitrogen and oxygen atoms in total. The predicted octanol–water partition coefficient (Wildman–Crippen LogP) is 1.51. The number of nitrogens with one attached hydrogen (secondary N) is 1. The summed E-state index contributed by atoms with van der Waals surface area (Å²) in [6.07, 6.45) is 6.09. The van der Waals surface area contributed by atoms with Crippen molar-refractivity contribution in [3.8, 4) is 0 Å². The third-order valence-corrected chi connectivity index (χ3v) is 5.74. The number of rotatable bonds is 3. The lowest BCUT2D eigenvalue weighted by Crippen LogP contribution is -2.42. The van der Waals surface area contributed by atoms with Gasteiger partial charge >= 0.3 is 0 Å². The highest BCUT2D eigenvalue weighted by atomic mass is 16.4. The first kappa shape index (κ1) is 13.6. The number of benzene rings is 1. The van der Waals surface area contributed by atoms with E-state index in [0.29, 0.717) is 5.69 Å². The molecule has 3 aliphatic rings. The van der Waals surface area contributed by atoms with Crippen LogP contribution in [0.3, 0.4) is 0 Å². The van der Waals surface area contributed by atoms with Gasteiger partial charge in [-0.1, -0.05) is 29.8 Å². The second-order valence-electron chi connectivity index (χ2n) is 6.90. The molecule has 4 rings (SSSR count). The molecule has 1 aromatic rings. The molecule has 2 fully saturated rings. The van der Waals surface area contributed by atoms with Crippen LogP contribution in [0, 0.1) is 36.0 Å². The Kier molecular flexibility index (Phi) is 2.74. The van der Waals surface area contributed by atoms with Crippen LogP contribution in [0.2, 0.25) is 0 Å². The molecule has 1 amide bonds. The van der Waals surface area contributed by atoms with Crippen molar-refractivity contribution < 1.29 is 14.7 Å². The number of carbonyl (C=O) groups is 2. The van der Waals surface area contributed by atoms with Crippen molar-refractivity contribution in [3.05, 3.63) is 42.0 Å². The van der Waals surface area contributed by atoms with E-state index in [-0.39, 0.29) is 23.2 Å². The van der Waals surface area contributed by atoms with E-state index in [1.807, 2.05) is 37.3 Å². The van der Waals surface area contributed by atoms with Crippen LogP contribution in [0.4, 0.5) is 5.69 Å². The van der Waals surface area contributed by atoms with E-state index in [4.69, 9.17) is 0 Å². The number of carboxylic acid groups (broad SMARTS) is 1. The summed E-state index contributed by atoms with van der Waals surface area (Å²) in [5, 5.41) is 14.5. The molecule has 0 aromatic heterocycles. The van der Waals surface area contributed by atoms with Crippen molar-refractivity contribution in [2.45, 2.75) is 19.8 Å². The molecule has 0 radical (unpaired) electrons. The Balaban J connectivity index is 1.60. The fourth-order valence-corrected chi connectivity index (χ4v) is 4.54. The second kappa shape index (κ2) is 4.45. The van der Waals surface area contributed by atoms with Crippen molar-refractivity contribution in [2.75, 3.05) is 5.32 Å². The van der Waals surface area contributed by atoms with E-state index in [2.05, 4.69) is 11.4 Å². The van der Waals surface area contributed by atoms with Crippen LogP contribution in [0.25, 0.3) is 0 Å². The average Bonchev–Trinajstić information content (AvgIpc) is 3.15. The van der Waals surface area contributed by atoms with E-state index in [0.717, 1.165) is 18.4 Å². The third-order valence-electron chi connectivity index (χ3n) is 5.74. The first-order chi connectivity index (χ1) is 10.5. The maximum atomic E-state index is 12.7. The molecule has 0 saturated heterocycles. The first-order valence-corrected chi connectivity index (χ1v) is 7.80. The van der Waals surface area contributed by atoms with Gasteiger partial charge in [-0.2, -0.15) is 0 Å².